The van der Waals surface area contributed by atoms with Gasteiger partial charge in [0.1, 0.15) is 5.82 Å². The van der Waals surface area contributed by atoms with Gasteiger partial charge in [-0.1, -0.05) is 29.8 Å². The molecule has 2 rings (SSSR count). The first-order valence-corrected chi connectivity index (χ1v) is 6.40. The van der Waals surface area contributed by atoms with E-state index < -0.39 is 0 Å². The van der Waals surface area contributed by atoms with Gasteiger partial charge in [-0.05, 0) is 25.6 Å². The fourth-order valence-electron chi connectivity index (χ4n) is 2.12. The molecule has 0 aliphatic carbocycles. The van der Waals surface area contributed by atoms with Crippen LogP contribution in [0, 0.1) is 6.92 Å². The van der Waals surface area contributed by atoms with Gasteiger partial charge in [0.05, 0.1) is 12.2 Å². The van der Waals surface area contributed by atoms with Crippen molar-refractivity contribution in [1.82, 2.24) is 14.9 Å². The van der Waals surface area contributed by atoms with E-state index in [4.69, 9.17) is 11.6 Å². The van der Waals surface area contributed by atoms with Crippen LogP contribution in [0.15, 0.2) is 24.3 Å². The summed E-state index contributed by atoms with van der Waals surface area (Å²) >= 11 is 6.20. The molecule has 0 radical (unpaired) electrons. The number of halogens is 1. The minimum atomic E-state index is 0.778. The first kappa shape index (κ1) is 13.1. The number of nitrogens with one attached hydrogen (secondary N) is 1. The normalized spacial score (nSPS) is 10.9. The molecule has 96 valence electrons. The molecular weight excluding hydrogens is 246 g/mol. The van der Waals surface area contributed by atoms with E-state index in [1.807, 2.05) is 32.2 Å². The van der Waals surface area contributed by atoms with E-state index >= 15 is 0 Å². The Bertz CT molecular complexity index is 546. The molecule has 0 saturated heterocycles. The molecule has 1 heterocycles. The van der Waals surface area contributed by atoms with E-state index in [0.29, 0.717) is 0 Å². The molecule has 2 aromatic rings. The Morgan fingerprint density at radius 2 is 2.06 bits per heavy atom. The molecule has 18 heavy (non-hydrogen) atoms. The molecule has 0 aliphatic heterocycles. The summed E-state index contributed by atoms with van der Waals surface area (Å²) in [4.78, 5) is 4.58. The van der Waals surface area contributed by atoms with Crippen molar-refractivity contribution in [2.24, 2.45) is 7.05 Å². The molecule has 0 amide bonds. The van der Waals surface area contributed by atoms with Crippen molar-refractivity contribution in [2.45, 2.75) is 19.9 Å². The van der Waals surface area contributed by atoms with Gasteiger partial charge >= 0.3 is 0 Å². The number of hydrogen-bond donors (Lipinski definition) is 1. The third kappa shape index (κ3) is 2.57. The maximum Gasteiger partial charge on any atom is 0.122 e. The summed E-state index contributed by atoms with van der Waals surface area (Å²) in [6.07, 6.45) is 0.818. The van der Waals surface area contributed by atoms with Crippen molar-refractivity contribution < 1.29 is 0 Å². The van der Waals surface area contributed by atoms with E-state index in [9.17, 15) is 0 Å². The predicted octanol–water partition coefficient (Wildman–Crippen LogP) is 2.69. The fraction of sp³-hybridized carbons (Fsp3) is 0.357. The summed E-state index contributed by atoms with van der Waals surface area (Å²) in [5.41, 5.74) is 3.43. The van der Waals surface area contributed by atoms with Crippen molar-refractivity contribution in [2.75, 3.05) is 7.05 Å². The van der Waals surface area contributed by atoms with Gasteiger partial charge in [-0.25, -0.2) is 4.98 Å². The maximum atomic E-state index is 6.20. The molecule has 0 atom stereocenters. The lowest BCUT2D eigenvalue weighted by Gasteiger charge is -2.08. The molecule has 0 bridgehead atoms. The van der Waals surface area contributed by atoms with Crippen LogP contribution in [0.2, 0.25) is 5.02 Å². The second-order valence-corrected chi connectivity index (χ2v) is 4.82. The van der Waals surface area contributed by atoms with Crippen LogP contribution in [0.5, 0.6) is 0 Å². The molecule has 0 aliphatic rings. The Hall–Kier alpha value is -1.32. The van der Waals surface area contributed by atoms with Gasteiger partial charge in [0.15, 0.2) is 0 Å². The van der Waals surface area contributed by atoms with Crippen LogP contribution in [0.3, 0.4) is 0 Å². The van der Waals surface area contributed by atoms with Gasteiger partial charge in [0, 0.05) is 24.2 Å². The Labute approximate surface area is 113 Å². The molecule has 1 aromatic heterocycles. The molecule has 0 saturated carbocycles. The summed E-state index contributed by atoms with van der Waals surface area (Å²) in [6.45, 7) is 2.82. The molecule has 0 unspecified atom stereocenters. The number of hydrogen-bond acceptors (Lipinski definition) is 2. The molecule has 4 heteroatoms. The number of imidazole rings is 1. The Balaban J connectivity index is 2.32. The van der Waals surface area contributed by atoms with Crippen molar-refractivity contribution >= 4 is 11.6 Å². The third-order valence-electron chi connectivity index (χ3n) is 3.16. The molecule has 1 N–H and O–H groups in total. The average molecular weight is 264 g/mol. The van der Waals surface area contributed by atoms with Gasteiger partial charge in [-0.3, -0.25) is 0 Å². The Morgan fingerprint density at radius 1 is 1.33 bits per heavy atom. The largest absolute Gasteiger partial charge is 0.333 e. The van der Waals surface area contributed by atoms with Crippen molar-refractivity contribution in [3.05, 3.63) is 52.1 Å². The molecule has 3 nitrogen and oxygen atoms in total. The number of benzene rings is 1. The van der Waals surface area contributed by atoms with Crippen LogP contribution in [0.25, 0.3) is 0 Å². The van der Waals surface area contributed by atoms with Gasteiger partial charge in [-0.15, -0.1) is 0 Å². The van der Waals surface area contributed by atoms with E-state index in [2.05, 4.69) is 28.0 Å². The number of aromatic nitrogens is 2. The maximum absolute atomic E-state index is 6.20. The van der Waals surface area contributed by atoms with Crippen LogP contribution in [0.1, 0.15) is 22.8 Å². The zero-order valence-electron chi connectivity index (χ0n) is 11.0. The second kappa shape index (κ2) is 5.55. The minimum absolute atomic E-state index is 0.778. The zero-order chi connectivity index (χ0) is 13.1. The summed E-state index contributed by atoms with van der Waals surface area (Å²) in [5.74, 6) is 1.05. The van der Waals surface area contributed by atoms with E-state index in [1.54, 1.807) is 0 Å². The van der Waals surface area contributed by atoms with Gasteiger partial charge in [0.2, 0.25) is 0 Å². The first-order chi connectivity index (χ1) is 8.63. The lowest BCUT2D eigenvalue weighted by atomic mass is 10.1. The van der Waals surface area contributed by atoms with Crippen LogP contribution >= 0.6 is 11.6 Å². The molecular formula is C14H18ClN3. The van der Waals surface area contributed by atoms with Gasteiger partial charge < -0.3 is 9.88 Å². The first-order valence-electron chi connectivity index (χ1n) is 6.02. The number of rotatable bonds is 4. The standard InChI is InChI=1S/C14H18ClN3/c1-10-13(18(3)14(17-10)9-16-2)8-11-6-4-5-7-12(11)15/h4-7,16H,8-9H2,1-3H3. The highest BCUT2D eigenvalue weighted by Crippen LogP contribution is 2.21. The lowest BCUT2D eigenvalue weighted by molar-refractivity contribution is 0.695. The third-order valence-corrected chi connectivity index (χ3v) is 3.53. The smallest absolute Gasteiger partial charge is 0.122 e. The predicted molar refractivity (Wildman–Crippen MR) is 75.0 cm³/mol. The lowest BCUT2D eigenvalue weighted by Crippen LogP contribution is -2.11. The van der Waals surface area contributed by atoms with Gasteiger partial charge in [0.25, 0.3) is 0 Å². The number of aryl methyl sites for hydroxylation is 1. The van der Waals surface area contributed by atoms with E-state index in [0.717, 1.165) is 35.1 Å². The number of nitrogens with zero attached hydrogens (tertiary/aromatic N) is 2. The quantitative estimate of drug-likeness (QED) is 0.919. The van der Waals surface area contributed by atoms with Crippen LogP contribution in [0.4, 0.5) is 0 Å². The molecule has 0 fully saturated rings. The monoisotopic (exact) mass is 263 g/mol. The Kier molecular flexibility index (Phi) is 4.04. The van der Waals surface area contributed by atoms with Crippen molar-refractivity contribution in [1.29, 1.82) is 0 Å². The highest BCUT2D eigenvalue weighted by atomic mass is 35.5. The molecule has 0 spiro atoms. The highest BCUT2D eigenvalue weighted by molar-refractivity contribution is 6.31. The summed E-state index contributed by atoms with van der Waals surface area (Å²) < 4.78 is 2.15. The SMILES string of the molecule is CNCc1nc(C)c(Cc2ccccc2Cl)n1C. The van der Waals surface area contributed by atoms with E-state index in [1.165, 1.54) is 5.69 Å². The Morgan fingerprint density at radius 3 is 2.72 bits per heavy atom. The van der Waals surface area contributed by atoms with E-state index in [-0.39, 0.29) is 0 Å². The minimum Gasteiger partial charge on any atom is -0.333 e. The average Bonchev–Trinajstić information content (AvgIpc) is 2.60. The topological polar surface area (TPSA) is 29.9 Å². The zero-order valence-corrected chi connectivity index (χ0v) is 11.8. The summed E-state index contributed by atoms with van der Waals surface area (Å²) in [5, 5.41) is 3.94. The highest BCUT2D eigenvalue weighted by Gasteiger charge is 2.12. The van der Waals surface area contributed by atoms with Gasteiger partial charge in [-0.2, -0.15) is 0 Å². The van der Waals surface area contributed by atoms with Crippen LogP contribution in [-0.4, -0.2) is 16.6 Å². The van der Waals surface area contributed by atoms with Crippen LogP contribution in [-0.2, 0) is 20.0 Å². The van der Waals surface area contributed by atoms with Crippen molar-refractivity contribution in [3.8, 4) is 0 Å². The molecule has 1 aromatic carbocycles. The second-order valence-electron chi connectivity index (χ2n) is 4.42. The van der Waals surface area contributed by atoms with Crippen LogP contribution < -0.4 is 5.32 Å². The summed E-state index contributed by atoms with van der Waals surface area (Å²) in [7, 11) is 3.98. The fourth-order valence-corrected chi connectivity index (χ4v) is 2.32. The van der Waals surface area contributed by atoms with Crippen molar-refractivity contribution in [3.63, 3.8) is 0 Å². The summed E-state index contributed by atoms with van der Waals surface area (Å²) in [6, 6.07) is 7.96.